The van der Waals surface area contributed by atoms with Crippen LogP contribution in [0.25, 0.3) is 22.5 Å². The number of nitrogens with one attached hydrogen (secondary N) is 1. The summed E-state index contributed by atoms with van der Waals surface area (Å²) in [6, 6.07) is 15.7. The van der Waals surface area contributed by atoms with E-state index in [1.165, 1.54) is 22.6 Å². The van der Waals surface area contributed by atoms with E-state index in [4.69, 9.17) is 0 Å². The van der Waals surface area contributed by atoms with Crippen molar-refractivity contribution in [2.45, 2.75) is 51.1 Å². The molecular formula is C32H32F3N5O2. The molecule has 10 heteroatoms. The molecule has 2 aliphatic rings. The molecule has 2 aromatic heterocycles. The van der Waals surface area contributed by atoms with Gasteiger partial charge in [0, 0.05) is 35.5 Å². The minimum Gasteiger partial charge on any atom is -0.385 e. The lowest BCUT2D eigenvalue weighted by Gasteiger charge is -2.18. The molecule has 2 fully saturated rings. The average molecular weight is 576 g/mol. The van der Waals surface area contributed by atoms with E-state index in [1.54, 1.807) is 22.7 Å². The van der Waals surface area contributed by atoms with E-state index in [0.29, 0.717) is 24.3 Å². The lowest BCUT2D eigenvalue weighted by atomic mass is 9.98. The molecule has 1 saturated carbocycles. The van der Waals surface area contributed by atoms with Crippen molar-refractivity contribution < 1.29 is 23.1 Å². The highest BCUT2D eigenvalue weighted by Gasteiger charge is 2.47. The molecular weight excluding hydrogens is 543 g/mol. The van der Waals surface area contributed by atoms with Gasteiger partial charge in [-0.2, -0.15) is 5.10 Å². The number of carbonyl (C=O) groups excluding carboxylic acids is 1. The highest BCUT2D eigenvalue weighted by molar-refractivity contribution is 5.93. The zero-order chi connectivity index (χ0) is 29.6. The zero-order valence-electron chi connectivity index (χ0n) is 23.4. The van der Waals surface area contributed by atoms with Gasteiger partial charge < -0.3 is 15.3 Å². The number of halogens is 3. The molecule has 3 heterocycles. The SMILES string of the molecule is C/C=C(/C)c1ccccc1CCNC(=O)c1cc(C2CC2)n2nc(-c3ccc(N4C[C@H](O)C(F)(F)C4)cc3F)cc2n1. The van der Waals surface area contributed by atoms with E-state index in [2.05, 4.69) is 40.5 Å². The topological polar surface area (TPSA) is 82.8 Å². The van der Waals surface area contributed by atoms with Crippen LogP contribution in [0.5, 0.6) is 0 Å². The molecule has 2 aromatic carbocycles. The van der Waals surface area contributed by atoms with Crippen LogP contribution in [0.1, 0.15) is 59.9 Å². The van der Waals surface area contributed by atoms with Gasteiger partial charge in [0.2, 0.25) is 0 Å². The molecule has 1 saturated heterocycles. The number of β-amino-alcohol motifs (C(OH)–C–C–N with tert-alkyl or cyclic N) is 1. The number of hydrogen-bond donors (Lipinski definition) is 2. The first-order valence-corrected chi connectivity index (χ1v) is 14.2. The first kappa shape index (κ1) is 28.0. The second kappa shape index (κ2) is 10.9. The molecule has 1 amide bonds. The summed E-state index contributed by atoms with van der Waals surface area (Å²) >= 11 is 0. The number of carbonyl (C=O) groups is 1. The summed E-state index contributed by atoms with van der Waals surface area (Å²) in [5.74, 6) is -3.93. The lowest BCUT2D eigenvalue weighted by molar-refractivity contribution is -0.0712. The maximum absolute atomic E-state index is 15.3. The average Bonchev–Trinajstić information content (AvgIpc) is 3.67. The van der Waals surface area contributed by atoms with Crippen molar-refractivity contribution in [1.29, 1.82) is 0 Å². The van der Waals surface area contributed by atoms with E-state index in [1.807, 2.05) is 19.1 Å². The van der Waals surface area contributed by atoms with Gasteiger partial charge in [0.1, 0.15) is 17.6 Å². The third-order valence-corrected chi connectivity index (χ3v) is 8.11. The molecule has 2 N–H and O–H groups in total. The van der Waals surface area contributed by atoms with E-state index in [0.717, 1.165) is 29.7 Å². The second-order valence-electron chi connectivity index (χ2n) is 11.1. The van der Waals surface area contributed by atoms with Gasteiger partial charge in [-0.3, -0.25) is 4.79 Å². The van der Waals surface area contributed by atoms with Crippen LogP contribution >= 0.6 is 0 Å². The predicted molar refractivity (Wildman–Crippen MR) is 155 cm³/mol. The van der Waals surface area contributed by atoms with Crippen molar-refractivity contribution in [2.75, 3.05) is 24.5 Å². The normalized spacial score (nSPS) is 18.6. The number of aliphatic hydroxyl groups excluding tert-OH is 1. The minimum atomic E-state index is -3.25. The van der Waals surface area contributed by atoms with E-state index >= 15 is 4.39 Å². The van der Waals surface area contributed by atoms with Crippen molar-refractivity contribution in [3.63, 3.8) is 0 Å². The van der Waals surface area contributed by atoms with Crippen LogP contribution in [-0.2, 0) is 6.42 Å². The van der Waals surface area contributed by atoms with Crippen molar-refractivity contribution in [1.82, 2.24) is 19.9 Å². The molecule has 4 aromatic rings. The molecule has 1 atom stereocenters. The summed E-state index contributed by atoms with van der Waals surface area (Å²) < 4.78 is 44.5. The number of amides is 1. The largest absolute Gasteiger partial charge is 0.385 e. The maximum Gasteiger partial charge on any atom is 0.292 e. The summed E-state index contributed by atoms with van der Waals surface area (Å²) in [6.45, 7) is 3.56. The van der Waals surface area contributed by atoms with E-state index in [-0.39, 0.29) is 35.3 Å². The first-order valence-electron chi connectivity index (χ1n) is 14.2. The summed E-state index contributed by atoms with van der Waals surface area (Å²) in [4.78, 5) is 19.0. The molecule has 6 rings (SSSR count). The number of alkyl halides is 2. The van der Waals surface area contributed by atoms with Gasteiger partial charge >= 0.3 is 0 Å². The fourth-order valence-electron chi connectivity index (χ4n) is 5.47. The lowest BCUT2D eigenvalue weighted by Crippen LogP contribution is -2.31. The van der Waals surface area contributed by atoms with Crippen LogP contribution in [0.4, 0.5) is 18.9 Å². The van der Waals surface area contributed by atoms with Crippen LogP contribution in [0.15, 0.2) is 60.7 Å². The summed E-state index contributed by atoms with van der Waals surface area (Å²) in [6.07, 6.45) is 2.87. The van der Waals surface area contributed by atoms with Crippen molar-refractivity contribution in [2.24, 2.45) is 0 Å². The smallest absolute Gasteiger partial charge is 0.292 e. The molecule has 1 aliphatic carbocycles. The number of benzene rings is 2. The Morgan fingerprint density at radius 3 is 2.64 bits per heavy atom. The Labute approximate surface area is 241 Å². The van der Waals surface area contributed by atoms with Gasteiger partial charge in [0.05, 0.1) is 18.8 Å². The Morgan fingerprint density at radius 1 is 1.17 bits per heavy atom. The third-order valence-electron chi connectivity index (χ3n) is 8.11. The molecule has 42 heavy (non-hydrogen) atoms. The quantitative estimate of drug-likeness (QED) is 0.285. The highest BCUT2D eigenvalue weighted by atomic mass is 19.3. The standard InChI is InChI=1S/C32H32F3N5O2/c1-3-19(2)23-7-5-4-6-20(23)12-13-36-31(42)27-15-28(21-8-9-21)40-30(37-27)16-26(38-40)24-11-10-22(14-25(24)33)39-17-29(41)32(34,35)18-39/h3-7,10-11,14-16,21,29,41H,8-9,12-13,17-18H2,1-2H3,(H,36,42)/b19-3-/t29-/m0/s1. The van der Waals surface area contributed by atoms with Crippen LogP contribution in [0.3, 0.4) is 0 Å². The van der Waals surface area contributed by atoms with Crippen molar-refractivity contribution in [3.05, 3.63) is 89.0 Å². The van der Waals surface area contributed by atoms with Crippen LogP contribution < -0.4 is 10.2 Å². The Bertz CT molecular complexity index is 1690. The molecule has 7 nitrogen and oxygen atoms in total. The molecule has 218 valence electrons. The Morgan fingerprint density at radius 2 is 1.95 bits per heavy atom. The van der Waals surface area contributed by atoms with Crippen molar-refractivity contribution in [3.8, 4) is 11.3 Å². The van der Waals surface area contributed by atoms with Crippen molar-refractivity contribution >= 4 is 22.8 Å². The molecule has 0 radical (unpaired) electrons. The zero-order valence-corrected chi connectivity index (χ0v) is 23.4. The van der Waals surface area contributed by atoms with Crippen LogP contribution in [0, 0.1) is 5.82 Å². The number of aromatic nitrogens is 3. The molecule has 1 aliphatic heterocycles. The third kappa shape index (κ3) is 5.38. The summed E-state index contributed by atoms with van der Waals surface area (Å²) in [5, 5.41) is 17.2. The highest BCUT2D eigenvalue weighted by Crippen LogP contribution is 2.41. The van der Waals surface area contributed by atoms with E-state index in [9.17, 15) is 18.7 Å². The number of nitrogens with zero attached hydrogens (tertiary/aromatic N) is 4. The van der Waals surface area contributed by atoms with Gasteiger partial charge in [-0.1, -0.05) is 30.3 Å². The molecule has 0 spiro atoms. The fourth-order valence-corrected chi connectivity index (χ4v) is 5.47. The monoisotopic (exact) mass is 575 g/mol. The number of hydrogen-bond acceptors (Lipinski definition) is 5. The van der Waals surface area contributed by atoms with Crippen LogP contribution in [0.2, 0.25) is 0 Å². The minimum absolute atomic E-state index is 0.193. The second-order valence-corrected chi connectivity index (χ2v) is 11.1. The predicted octanol–water partition coefficient (Wildman–Crippen LogP) is 5.62. The van der Waals surface area contributed by atoms with E-state index < -0.39 is 24.4 Å². The number of aliphatic hydroxyl groups is 1. The van der Waals surface area contributed by atoms with Gasteiger partial charge in [-0.05, 0) is 74.1 Å². The van der Waals surface area contributed by atoms with Crippen LogP contribution in [-0.4, -0.2) is 57.3 Å². The molecule has 0 bridgehead atoms. The summed E-state index contributed by atoms with van der Waals surface area (Å²) in [7, 11) is 0. The number of anilines is 1. The Balaban J connectivity index is 1.23. The fraction of sp³-hybridized carbons (Fsp3) is 0.344. The van der Waals surface area contributed by atoms with Gasteiger partial charge in [0.25, 0.3) is 11.8 Å². The Kier molecular flexibility index (Phi) is 7.26. The molecule has 0 unspecified atom stereocenters. The first-order chi connectivity index (χ1) is 20.1. The Hall–Kier alpha value is -4.18. The van der Waals surface area contributed by atoms with Gasteiger partial charge in [-0.25, -0.2) is 22.7 Å². The van der Waals surface area contributed by atoms with Gasteiger partial charge in [-0.15, -0.1) is 0 Å². The number of fused-ring (bicyclic) bond motifs is 1. The maximum atomic E-state index is 15.3. The number of rotatable bonds is 8. The number of allylic oxidation sites excluding steroid dienone is 2. The van der Waals surface area contributed by atoms with Gasteiger partial charge in [0.15, 0.2) is 5.65 Å². The summed E-state index contributed by atoms with van der Waals surface area (Å²) in [5.41, 5.74) is 5.82.